The third-order valence-electron chi connectivity index (χ3n) is 7.33. The molecule has 0 atom stereocenters. The molecule has 2 amide bonds. The Morgan fingerprint density at radius 1 is 1.09 bits per heavy atom. The third kappa shape index (κ3) is 7.03. The van der Waals surface area contributed by atoms with Crippen molar-refractivity contribution < 1.29 is 9.53 Å². The largest absolute Gasteiger partial charge is 0.467 e. The van der Waals surface area contributed by atoms with E-state index in [1.54, 1.807) is 41.4 Å². The maximum Gasteiger partial charge on any atom is 0.323 e. The smallest absolute Gasteiger partial charge is 0.323 e. The number of carbonyl (C=O) groups is 1. The molecule has 0 saturated heterocycles. The highest BCUT2D eigenvalue weighted by Crippen LogP contribution is 2.31. The molecule has 5 rings (SSSR count). The van der Waals surface area contributed by atoms with Crippen LogP contribution in [0.2, 0.25) is 5.02 Å². The molecule has 0 spiro atoms. The van der Waals surface area contributed by atoms with Gasteiger partial charge >= 0.3 is 12.0 Å². The molecule has 0 bridgehead atoms. The Bertz CT molecular complexity index is 1630. The lowest BCUT2D eigenvalue weighted by Crippen LogP contribution is -2.49. The van der Waals surface area contributed by atoms with Crippen LogP contribution in [-0.4, -0.2) is 66.5 Å². The number of amides is 2. The van der Waals surface area contributed by atoms with Gasteiger partial charge in [-0.05, 0) is 43.7 Å². The molecule has 4 heterocycles. The van der Waals surface area contributed by atoms with E-state index in [-0.39, 0.29) is 18.1 Å². The van der Waals surface area contributed by atoms with Crippen molar-refractivity contribution in [2.45, 2.75) is 51.6 Å². The number of rotatable bonds is 9. The van der Waals surface area contributed by atoms with E-state index in [1.165, 1.54) is 13.3 Å². The van der Waals surface area contributed by atoms with Crippen molar-refractivity contribution in [3.8, 4) is 34.6 Å². The van der Waals surface area contributed by atoms with E-state index in [0.29, 0.717) is 52.2 Å². The van der Waals surface area contributed by atoms with Crippen LogP contribution in [0.4, 0.5) is 16.6 Å². The van der Waals surface area contributed by atoms with Crippen molar-refractivity contribution in [2.24, 2.45) is 13.0 Å². The summed E-state index contributed by atoms with van der Waals surface area (Å²) in [7, 11) is 3.27. The zero-order chi connectivity index (χ0) is 31.2. The average Bonchev–Trinajstić information content (AvgIpc) is 3.38. The highest BCUT2D eigenvalue weighted by Gasteiger charge is 2.31. The molecule has 0 radical (unpaired) electrons. The van der Waals surface area contributed by atoms with E-state index < -0.39 is 0 Å². The number of urea groups is 1. The van der Waals surface area contributed by atoms with Gasteiger partial charge in [0.2, 0.25) is 5.95 Å². The number of anilines is 2. The molecule has 4 aromatic heterocycles. The molecule has 0 aliphatic heterocycles. The number of hydrogen-bond acceptors (Lipinski definition) is 10. The number of nitrogens with one attached hydrogen (secondary N) is 2. The number of aryl methyl sites for hydroxylation is 1. The fraction of sp³-hybridized carbons (Fsp3) is 0.400. The molecule has 44 heavy (non-hydrogen) atoms. The van der Waals surface area contributed by atoms with E-state index in [0.717, 1.165) is 36.8 Å². The second-order valence-electron chi connectivity index (χ2n) is 11.0. The van der Waals surface area contributed by atoms with Crippen LogP contribution in [0.3, 0.4) is 0 Å². The van der Waals surface area contributed by atoms with Crippen molar-refractivity contribution in [1.82, 2.24) is 40.0 Å². The van der Waals surface area contributed by atoms with Gasteiger partial charge in [0.1, 0.15) is 23.3 Å². The van der Waals surface area contributed by atoms with Crippen LogP contribution in [0.25, 0.3) is 22.5 Å². The molecule has 0 unspecified atom stereocenters. The Kier molecular flexibility index (Phi) is 9.50. The quantitative estimate of drug-likeness (QED) is 0.266. The van der Waals surface area contributed by atoms with Crippen molar-refractivity contribution in [3.05, 3.63) is 53.7 Å². The van der Waals surface area contributed by atoms with Crippen LogP contribution in [0.15, 0.2) is 43.1 Å². The monoisotopic (exact) mass is 615 g/mol. The SMILES string of the molecule is COc1ncc(-c2ccc(N(C(=O)NCC(C)C)C3CCC(Nc4ncc(C#N)c(-c5nn(C)cc5Cl)n4)CC3)nc2)cn1. The average molecular weight is 616 g/mol. The van der Waals surface area contributed by atoms with Gasteiger partial charge in [-0.1, -0.05) is 25.4 Å². The Morgan fingerprint density at radius 2 is 1.82 bits per heavy atom. The Labute approximate surface area is 260 Å². The summed E-state index contributed by atoms with van der Waals surface area (Å²) in [6.07, 6.45) is 11.3. The number of carbonyl (C=O) groups excluding carboxylic acids is 1. The normalized spacial score (nSPS) is 16.3. The van der Waals surface area contributed by atoms with Crippen LogP contribution < -0.4 is 20.3 Å². The molecule has 0 aromatic carbocycles. The highest BCUT2D eigenvalue weighted by molar-refractivity contribution is 6.33. The summed E-state index contributed by atoms with van der Waals surface area (Å²) < 4.78 is 6.63. The highest BCUT2D eigenvalue weighted by atomic mass is 35.5. The van der Waals surface area contributed by atoms with Gasteiger partial charge in [-0.25, -0.2) is 29.7 Å². The Hall–Kier alpha value is -4.83. The van der Waals surface area contributed by atoms with Crippen LogP contribution in [0, 0.1) is 17.2 Å². The number of nitrogens with zero attached hydrogens (tertiary/aromatic N) is 9. The molecule has 1 aliphatic rings. The summed E-state index contributed by atoms with van der Waals surface area (Å²) in [6, 6.07) is 6.04. The van der Waals surface area contributed by atoms with Crippen molar-refractivity contribution in [3.63, 3.8) is 0 Å². The molecule has 4 aromatic rings. The molecule has 2 N–H and O–H groups in total. The molecule has 1 saturated carbocycles. The summed E-state index contributed by atoms with van der Waals surface area (Å²) in [5.41, 5.74) is 2.74. The van der Waals surface area contributed by atoms with Crippen LogP contribution in [-0.2, 0) is 7.05 Å². The first-order valence-electron chi connectivity index (χ1n) is 14.4. The Balaban J connectivity index is 1.30. The first-order valence-corrected chi connectivity index (χ1v) is 14.8. The molecular weight excluding hydrogens is 582 g/mol. The van der Waals surface area contributed by atoms with E-state index in [9.17, 15) is 10.1 Å². The van der Waals surface area contributed by atoms with Gasteiger partial charge in [0, 0.05) is 61.6 Å². The van der Waals surface area contributed by atoms with Gasteiger partial charge in [0.15, 0.2) is 0 Å². The number of halogens is 1. The minimum Gasteiger partial charge on any atom is -0.467 e. The van der Waals surface area contributed by atoms with Gasteiger partial charge in [0.05, 0.1) is 23.9 Å². The van der Waals surface area contributed by atoms with E-state index in [1.807, 2.05) is 12.1 Å². The number of pyridine rings is 1. The molecule has 13 nitrogen and oxygen atoms in total. The van der Waals surface area contributed by atoms with Crippen molar-refractivity contribution in [2.75, 3.05) is 23.9 Å². The van der Waals surface area contributed by atoms with Gasteiger partial charge < -0.3 is 15.4 Å². The summed E-state index contributed by atoms with van der Waals surface area (Å²) in [5.74, 6) is 1.29. The summed E-state index contributed by atoms with van der Waals surface area (Å²) in [6.45, 7) is 4.68. The maximum absolute atomic E-state index is 13.5. The summed E-state index contributed by atoms with van der Waals surface area (Å²) >= 11 is 6.34. The molecular formula is C30H34ClN11O2. The lowest BCUT2D eigenvalue weighted by Gasteiger charge is -2.36. The first kappa shape index (κ1) is 30.6. The van der Waals surface area contributed by atoms with Gasteiger partial charge in [-0.2, -0.15) is 10.4 Å². The zero-order valence-corrected chi connectivity index (χ0v) is 25.8. The van der Waals surface area contributed by atoms with Gasteiger partial charge in [-0.3, -0.25) is 9.58 Å². The third-order valence-corrected chi connectivity index (χ3v) is 7.61. The lowest BCUT2D eigenvalue weighted by atomic mass is 9.90. The van der Waals surface area contributed by atoms with Gasteiger partial charge in [-0.15, -0.1) is 0 Å². The van der Waals surface area contributed by atoms with Crippen LogP contribution in [0.5, 0.6) is 6.01 Å². The number of nitriles is 1. The van der Waals surface area contributed by atoms with E-state index >= 15 is 0 Å². The lowest BCUT2D eigenvalue weighted by molar-refractivity contribution is 0.239. The predicted octanol–water partition coefficient (Wildman–Crippen LogP) is 4.86. The van der Waals surface area contributed by atoms with Gasteiger partial charge in [0.25, 0.3) is 0 Å². The second kappa shape index (κ2) is 13.6. The van der Waals surface area contributed by atoms with E-state index in [4.69, 9.17) is 16.3 Å². The first-order chi connectivity index (χ1) is 21.2. The number of ether oxygens (including phenoxy) is 1. The van der Waals surface area contributed by atoms with Crippen LogP contribution >= 0.6 is 11.6 Å². The summed E-state index contributed by atoms with van der Waals surface area (Å²) in [5, 5.41) is 20.8. The topological polar surface area (TPSA) is 160 Å². The fourth-order valence-electron chi connectivity index (χ4n) is 5.10. The molecule has 14 heteroatoms. The maximum atomic E-state index is 13.5. The predicted molar refractivity (Wildman–Crippen MR) is 166 cm³/mol. The minimum atomic E-state index is -0.171. The van der Waals surface area contributed by atoms with Crippen molar-refractivity contribution in [1.29, 1.82) is 5.26 Å². The standard InChI is InChI=1S/C30H34ClN11O2/c1-18(2)12-37-30(43)42(25-10-5-19(13-33-25)21-15-35-29(44-4)36-16-21)23-8-6-22(7-9-23)38-28-34-14-20(11-32)26(39-28)27-24(31)17-41(3)40-27/h5,10,13-18,22-23H,6-9,12H2,1-4H3,(H,37,43)(H,34,38,39). The summed E-state index contributed by atoms with van der Waals surface area (Å²) in [4.78, 5) is 37.2. The fourth-order valence-corrected chi connectivity index (χ4v) is 5.37. The number of hydrogen-bond donors (Lipinski definition) is 2. The molecule has 1 aliphatic carbocycles. The Morgan fingerprint density at radius 3 is 2.41 bits per heavy atom. The second-order valence-corrected chi connectivity index (χ2v) is 11.4. The van der Waals surface area contributed by atoms with Crippen molar-refractivity contribution >= 4 is 29.4 Å². The van der Waals surface area contributed by atoms with E-state index in [2.05, 4.69) is 60.6 Å². The number of methoxy groups -OCH3 is 1. The minimum absolute atomic E-state index is 0.0485. The molecule has 228 valence electrons. The van der Waals surface area contributed by atoms with Crippen LogP contribution in [0.1, 0.15) is 45.1 Å². The molecule has 1 fully saturated rings. The number of aromatic nitrogens is 7. The zero-order valence-electron chi connectivity index (χ0n) is 25.0.